The van der Waals surface area contributed by atoms with Gasteiger partial charge in [0.05, 0.1) is 12.2 Å². The predicted octanol–water partition coefficient (Wildman–Crippen LogP) is 3.11. The first kappa shape index (κ1) is 12.2. The van der Waals surface area contributed by atoms with Crippen molar-refractivity contribution in [2.45, 2.75) is 26.3 Å². The molecule has 4 heteroatoms. The highest BCUT2D eigenvalue weighted by Crippen LogP contribution is 2.19. The van der Waals surface area contributed by atoms with Gasteiger partial charge in [-0.1, -0.05) is 44.2 Å². The van der Waals surface area contributed by atoms with E-state index in [0.29, 0.717) is 16.9 Å². The van der Waals surface area contributed by atoms with Crippen molar-refractivity contribution in [3.8, 4) is 0 Å². The highest BCUT2D eigenvalue weighted by molar-refractivity contribution is 9.10. The first-order chi connectivity index (χ1) is 8.09. The van der Waals surface area contributed by atoms with Gasteiger partial charge in [0, 0.05) is 0 Å². The molecule has 1 heterocycles. The van der Waals surface area contributed by atoms with Crippen LogP contribution in [0.4, 0.5) is 0 Å². The standard InChI is InChI=1S/C13H15BrN2O/c1-9(2)12-11(14)13(17)16(15-12)8-10-6-4-3-5-7-10/h3-7,9,15H,8H2,1-2H3. The summed E-state index contributed by atoms with van der Waals surface area (Å²) in [4.78, 5) is 12.0. The molecule has 0 saturated heterocycles. The Kier molecular flexibility index (Phi) is 3.52. The summed E-state index contributed by atoms with van der Waals surface area (Å²) in [5.74, 6) is 0.300. The minimum absolute atomic E-state index is 0.00227. The van der Waals surface area contributed by atoms with Gasteiger partial charge in [-0.05, 0) is 27.4 Å². The zero-order chi connectivity index (χ0) is 12.4. The summed E-state index contributed by atoms with van der Waals surface area (Å²) in [7, 11) is 0. The van der Waals surface area contributed by atoms with E-state index in [4.69, 9.17) is 0 Å². The van der Waals surface area contributed by atoms with Crippen LogP contribution in [-0.2, 0) is 6.54 Å². The third kappa shape index (κ3) is 2.52. The molecule has 0 unspecified atom stereocenters. The van der Waals surface area contributed by atoms with Crippen LogP contribution in [-0.4, -0.2) is 9.78 Å². The first-order valence-corrected chi connectivity index (χ1v) is 6.41. The number of nitrogens with one attached hydrogen (secondary N) is 1. The SMILES string of the molecule is CC(C)c1[nH]n(Cc2ccccc2)c(=O)c1Br. The monoisotopic (exact) mass is 294 g/mol. The summed E-state index contributed by atoms with van der Waals surface area (Å²) in [6.45, 7) is 4.69. The number of rotatable bonds is 3. The van der Waals surface area contributed by atoms with Crippen LogP contribution in [0.3, 0.4) is 0 Å². The molecular formula is C13H15BrN2O. The van der Waals surface area contributed by atoms with Crippen LogP contribution in [0.1, 0.15) is 31.0 Å². The third-order valence-corrected chi connectivity index (χ3v) is 3.45. The molecule has 0 aliphatic rings. The zero-order valence-corrected chi connectivity index (χ0v) is 11.5. The van der Waals surface area contributed by atoms with Crippen molar-refractivity contribution in [1.82, 2.24) is 9.78 Å². The van der Waals surface area contributed by atoms with Crippen LogP contribution in [0.15, 0.2) is 39.6 Å². The second-order valence-electron chi connectivity index (χ2n) is 4.37. The highest BCUT2D eigenvalue weighted by Gasteiger charge is 2.14. The quantitative estimate of drug-likeness (QED) is 0.928. The van der Waals surface area contributed by atoms with E-state index in [1.807, 2.05) is 30.3 Å². The van der Waals surface area contributed by atoms with E-state index >= 15 is 0 Å². The molecule has 17 heavy (non-hydrogen) atoms. The van der Waals surface area contributed by atoms with Crippen molar-refractivity contribution in [2.24, 2.45) is 0 Å². The van der Waals surface area contributed by atoms with Crippen LogP contribution in [0.5, 0.6) is 0 Å². The molecule has 0 radical (unpaired) electrons. The second-order valence-corrected chi connectivity index (χ2v) is 5.16. The molecule has 0 bridgehead atoms. The molecule has 90 valence electrons. The molecule has 0 saturated carbocycles. The Morgan fingerprint density at radius 3 is 2.47 bits per heavy atom. The van der Waals surface area contributed by atoms with Gasteiger partial charge >= 0.3 is 0 Å². The van der Waals surface area contributed by atoms with E-state index in [2.05, 4.69) is 34.9 Å². The van der Waals surface area contributed by atoms with Gasteiger partial charge in [-0.2, -0.15) is 0 Å². The van der Waals surface area contributed by atoms with Gasteiger partial charge in [-0.25, -0.2) is 4.68 Å². The Hall–Kier alpha value is -1.29. The maximum atomic E-state index is 12.0. The normalized spacial score (nSPS) is 11.1. The number of H-pyrrole nitrogens is 1. The van der Waals surface area contributed by atoms with E-state index in [-0.39, 0.29) is 5.56 Å². The van der Waals surface area contributed by atoms with Gasteiger partial charge in [-0.15, -0.1) is 0 Å². The Labute approximate surface area is 109 Å². The predicted molar refractivity (Wildman–Crippen MR) is 72.4 cm³/mol. The molecule has 0 fully saturated rings. The zero-order valence-electron chi connectivity index (χ0n) is 9.90. The average Bonchev–Trinajstić information content (AvgIpc) is 2.59. The Morgan fingerprint density at radius 2 is 1.94 bits per heavy atom. The Bertz CT molecular complexity index is 555. The smallest absolute Gasteiger partial charge is 0.281 e. The summed E-state index contributed by atoms with van der Waals surface area (Å²) in [6, 6.07) is 9.94. The lowest BCUT2D eigenvalue weighted by molar-refractivity contribution is 0.640. The van der Waals surface area contributed by atoms with Crippen LogP contribution in [0, 0.1) is 0 Å². The topological polar surface area (TPSA) is 37.8 Å². The highest BCUT2D eigenvalue weighted by atomic mass is 79.9. The molecule has 0 aliphatic heterocycles. The lowest BCUT2D eigenvalue weighted by Crippen LogP contribution is -2.17. The van der Waals surface area contributed by atoms with Crippen molar-refractivity contribution < 1.29 is 0 Å². The molecule has 1 aromatic carbocycles. The first-order valence-electron chi connectivity index (χ1n) is 5.61. The number of nitrogens with zero attached hydrogens (tertiary/aromatic N) is 1. The van der Waals surface area contributed by atoms with Crippen LogP contribution in [0.25, 0.3) is 0 Å². The number of benzene rings is 1. The molecular weight excluding hydrogens is 280 g/mol. The number of halogens is 1. The third-order valence-electron chi connectivity index (χ3n) is 2.69. The van der Waals surface area contributed by atoms with Gasteiger partial charge in [0.2, 0.25) is 0 Å². The second kappa shape index (κ2) is 4.92. The average molecular weight is 295 g/mol. The molecule has 1 aromatic heterocycles. The molecule has 0 spiro atoms. The molecule has 1 N–H and O–H groups in total. The van der Waals surface area contributed by atoms with E-state index < -0.39 is 0 Å². The maximum absolute atomic E-state index is 12.0. The van der Waals surface area contributed by atoms with Gasteiger partial charge in [-0.3, -0.25) is 9.89 Å². The minimum Gasteiger partial charge on any atom is -0.298 e. The largest absolute Gasteiger partial charge is 0.298 e. The number of aromatic nitrogens is 2. The van der Waals surface area contributed by atoms with E-state index in [1.165, 1.54) is 0 Å². The molecule has 2 aromatic rings. The van der Waals surface area contributed by atoms with Crippen LogP contribution >= 0.6 is 15.9 Å². The van der Waals surface area contributed by atoms with Crippen molar-refractivity contribution in [3.05, 3.63) is 56.4 Å². The maximum Gasteiger partial charge on any atom is 0.281 e. The van der Waals surface area contributed by atoms with Crippen molar-refractivity contribution >= 4 is 15.9 Å². The summed E-state index contributed by atoms with van der Waals surface area (Å²) < 4.78 is 2.28. The Morgan fingerprint density at radius 1 is 1.29 bits per heavy atom. The van der Waals surface area contributed by atoms with E-state index in [1.54, 1.807) is 4.68 Å². The van der Waals surface area contributed by atoms with Gasteiger partial charge < -0.3 is 0 Å². The fraction of sp³-hybridized carbons (Fsp3) is 0.308. The lowest BCUT2D eigenvalue weighted by atomic mass is 10.1. The summed E-state index contributed by atoms with van der Waals surface area (Å²) in [6.07, 6.45) is 0. The molecule has 2 rings (SSSR count). The van der Waals surface area contributed by atoms with Gasteiger partial charge in [0.1, 0.15) is 4.47 Å². The number of hydrogen-bond donors (Lipinski definition) is 1. The lowest BCUT2D eigenvalue weighted by Gasteiger charge is -2.03. The molecule has 0 aliphatic carbocycles. The van der Waals surface area contributed by atoms with E-state index in [0.717, 1.165) is 11.3 Å². The van der Waals surface area contributed by atoms with Gasteiger partial charge in [0.15, 0.2) is 0 Å². The van der Waals surface area contributed by atoms with Gasteiger partial charge in [0.25, 0.3) is 5.56 Å². The van der Waals surface area contributed by atoms with Crippen LogP contribution in [0.2, 0.25) is 0 Å². The summed E-state index contributed by atoms with van der Waals surface area (Å²) >= 11 is 3.35. The molecule has 3 nitrogen and oxygen atoms in total. The number of aromatic amines is 1. The Balaban J connectivity index is 2.35. The fourth-order valence-corrected chi connectivity index (χ4v) is 2.50. The summed E-state index contributed by atoms with van der Waals surface area (Å²) in [5, 5.41) is 3.15. The fourth-order valence-electron chi connectivity index (χ4n) is 1.74. The van der Waals surface area contributed by atoms with Crippen molar-refractivity contribution in [3.63, 3.8) is 0 Å². The van der Waals surface area contributed by atoms with Crippen LogP contribution < -0.4 is 5.56 Å². The van der Waals surface area contributed by atoms with Crippen molar-refractivity contribution in [1.29, 1.82) is 0 Å². The summed E-state index contributed by atoms with van der Waals surface area (Å²) in [5.41, 5.74) is 2.06. The van der Waals surface area contributed by atoms with Crippen molar-refractivity contribution in [2.75, 3.05) is 0 Å². The number of hydrogen-bond acceptors (Lipinski definition) is 1. The van der Waals surface area contributed by atoms with E-state index in [9.17, 15) is 4.79 Å². The molecule has 0 atom stereocenters. The minimum atomic E-state index is -0.00227. The molecule has 0 amide bonds.